The molecule has 4 heteroatoms. The van der Waals surface area contributed by atoms with Crippen molar-refractivity contribution in [3.8, 4) is 0 Å². The van der Waals surface area contributed by atoms with Crippen molar-refractivity contribution in [2.24, 2.45) is 11.7 Å². The van der Waals surface area contributed by atoms with E-state index in [9.17, 15) is 0 Å². The molecule has 0 saturated carbocycles. The van der Waals surface area contributed by atoms with E-state index in [2.05, 4.69) is 16.5 Å². The fourth-order valence-corrected chi connectivity index (χ4v) is 2.20. The van der Waals surface area contributed by atoms with Crippen molar-refractivity contribution in [2.75, 3.05) is 13.2 Å². The van der Waals surface area contributed by atoms with Crippen molar-refractivity contribution in [1.82, 2.24) is 9.55 Å². The summed E-state index contributed by atoms with van der Waals surface area (Å²) >= 11 is 0. The van der Waals surface area contributed by atoms with E-state index in [4.69, 9.17) is 10.5 Å². The van der Waals surface area contributed by atoms with E-state index in [0.717, 1.165) is 31.9 Å². The van der Waals surface area contributed by atoms with Crippen LogP contribution < -0.4 is 5.73 Å². The van der Waals surface area contributed by atoms with E-state index >= 15 is 0 Å². The second-order valence-corrected chi connectivity index (χ2v) is 4.51. The number of imidazole rings is 1. The van der Waals surface area contributed by atoms with Crippen LogP contribution in [0.1, 0.15) is 37.9 Å². The Bertz CT molecular complexity index is 318. The van der Waals surface area contributed by atoms with E-state index in [1.807, 2.05) is 12.5 Å². The summed E-state index contributed by atoms with van der Waals surface area (Å²) in [5, 5.41) is 0. The molecule has 90 valence electrons. The molecule has 1 aliphatic rings. The normalized spacial score (nSPS) is 22.5. The summed E-state index contributed by atoms with van der Waals surface area (Å²) < 4.78 is 7.57. The van der Waals surface area contributed by atoms with Crippen LogP contribution in [0.5, 0.6) is 0 Å². The van der Waals surface area contributed by atoms with Gasteiger partial charge in [-0.25, -0.2) is 4.98 Å². The number of ether oxygens (including phenoxy) is 1. The number of nitrogens with two attached hydrogens (primary N) is 1. The molecule has 0 radical (unpaired) electrons. The first-order chi connectivity index (χ1) is 7.83. The highest BCUT2D eigenvalue weighted by atomic mass is 16.5. The number of rotatable bonds is 5. The molecule has 2 unspecified atom stereocenters. The molecule has 16 heavy (non-hydrogen) atoms. The van der Waals surface area contributed by atoms with Gasteiger partial charge in [-0.15, -0.1) is 0 Å². The quantitative estimate of drug-likeness (QED) is 0.827. The Morgan fingerprint density at radius 3 is 3.25 bits per heavy atom. The smallest absolute Gasteiger partial charge is 0.0948 e. The van der Waals surface area contributed by atoms with Gasteiger partial charge in [0.25, 0.3) is 0 Å². The molecule has 2 N–H and O–H groups in total. The van der Waals surface area contributed by atoms with Crippen LogP contribution in [0.15, 0.2) is 12.5 Å². The second-order valence-electron chi connectivity index (χ2n) is 4.51. The molecule has 2 heterocycles. The van der Waals surface area contributed by atoms with Gasteiger partial charge in [0.1, 0.15) is 0 Å². The molecule has 1 fully saturated rings. The maximum Gasteiger partial charge on any atom is 0.0948 e. The van der Waals surface area contributed by atoms with E-state index < -0.39 is 0 Å². The van der Waals surface area contributed by atoms with Crippen molar-refractivity contribution >= 4 is 0 Å². The Balaban J connectivity index is 2.03. The molecule has 0 aliphatic carbocycles. The predicted molar refractivity (Wildman–Crippen MR) is 63.0 cm³/mol. The van der Waals surface area contributed by atoms with Crippen LogP contribution in [-0.2, 0) is 11.3 Å². The zero-order chi connectivity index (χ0) is 11.4. The largest absolute Gasteiger partial charge is 0.381 e. The SMILES string of the molecule is CCCCn1cncc1C(N)C1CCOC1. The lowest BCUT2D eigenvalue weighted by Gasteiger charge is -2.19. The number of nitrogens with zero attached hydrogens (tertiary/aromatic N) is 2. The summed E-state index contributed by atoms with van der Waals surface area (Å²) in [5.74, 6) is 0.456. The van der Waals surface area contributed by atoms with Crippen molar-refractivity contribution in [1.29, 1.82) is 0 Å². The highest BCUT2D eigenvalue weighted by Gasteiger charge is 2.26. The van der Waals surface area contributed by atoms with E-state index in [1.54, 1.807) is 0 Å². The van der Waals surface area contributed by atoms with Crippen LogP contribution in [0.25, 0.3) is 0 Å². The van der Waals surface area contributed by atoms with Crippen molar-refractivity contribution in [3.05, 3.63) is 18.2 Å². The zero-order valence-corrected chi connectivity index (χ0v) is 9.93. The van der Waals surface area contributed by atoms with Gasteiger partial charge in [0.05, 0.1) is 24.7 Å². The molecular weight excluding hydrogens is 202 g/mol. The summed E-state index contributed by atoms with van der Waals surface area (Å²) in [4.78, 5) is 4.21. The van der Waals surface area contributed by atoms with Gasteiger partial charge in [0, 0.05) is 25.3 Å². The number of hydrogen-bond acceptors (Lipinski definition) is 3. The van der Waals surface area contributed by atoms with Crippen molar-refractivity contribution < 1.29 is 4.74 Å². The van der Waals surface area contributed by atoms with E-state index in [-0.39, 0.29) is 6.04 Å². The van der Waals surface area contributed by atoms with Crippen LogP contribution in [0.4, 0.5) is 0 Å². The summed E-state index contributed by atoms with van der Waals surface area (Å²) in [6, 6.07) is 0.0712. The van der Waals surface area contributed by atoms with Crippen LogP contribution in [0, 0.1) is 5.92 Å². The van der Waals surface area contributed by atoms with Gasteiger partial charge in [-0.1, -0.05) is 13.3 Å². The van der Waals surface area contributed by atoms with Gasteiger partial charge in [-0.05, 0) is 12.8 Å². The first-order valence-corrected chi connectivity index (χ1v) is 6.16. The predicted octanol–water partition coefficient (Wildman–Crippen LogP) is 1.72. The maximum atomic E-state index is 6.28. The van der Waals surface area contributed by atoms with Crippen LogP contribution in [0.3, 0.4) is 0 Å². The molecular formula is C12H21N3O. The third-order valence-corrected chi connectivity index (χ3v) is 3.31. The summed E-state index contributed by atoms with van der Waals surface area (Å²) in [7, 11) is 0. The topological polar surface area (TPSA) is 53.1 Å². The Hall–Kier alpha value is -0.870. The molecule has 0 bridgehead atoms. The summed E-state index contributed by atoms with van der Waals surface area (Å²) in [6.45, 7) is 4.86. The standard InChI is InChI=1S/C12H21N3O/c1-2-3-5-15-9-14-7-11(15)12(13)10-4-6-16-8-10/h7,9-10,12H,2-6,8,13H2,1H3. The van der Waals surface area contributed by atoms with E-state index in [1.165, 1.54) is 12.8 Å². The van der Waals surface area contributed by atoms with Crippen molar-refractivity contribution in [2.45, 2.75) is 38.8 Å². The van der Waals surface area contributed by atoms with Gasteiger partial charge in [-0.2, -0.15) is 0 Å². The minimum absolute atomic E-state index is 0.0712. The Labute approximate surface area is 96.8 Å². The third-order valence-electron chi connectivity index (χ3n) is 3.31. The monoisotopic (exact) mass is 223 g/mol. The Morgan fingerprint density at radius 2 is 2.56 bits per heavy atom. The van der Waals surface area contributed by atoms with E-state index in [0.29, 0.717) is 5.92 Å². The summed E-state index contributed by atoms with van der Waals surface area (Å²) in [6.07, 6.45) is 7.23. The molecule has 0 amide bonds. The van der Waals surface area contributed by atoms with Gasteiger partial charge in [0.2, 0.25) is 0 Å². The fourth-order valence-electron chi connectivity index (χ4n) is 2.20. The molecule has 2 rings (SSSR count). The molecule has 1 aromatic heterocycles. The minimum Gasteiger partial charge on any atom is -0.381 e. The van der Waals surface area contributed by atoms with Gasteiger partial charge < -0.3 is 15.0 Å². The second kappa shape index (κ2) is 5.46. The third kappa shape index (κ3) is 2.44. The number of hydrogen-bond donors (Lipinski definition) is 1. The lowest BCUT2D eigenvalue weighted by Crippen LogP contribution is -2.24. The average molecular weight is 223 g/mol. The summed E-state index contributed by atoms with van der Waals surface area (Å²) in [5.41, 5.74) is 7.43. The first kappa shape index (κ1) is 11.6. The maximum absolute atomic E-state index is 6.28. The molecule has 1 aromatic rings. The van der Waals surface area contributed by atoms with Crippen molar-refractivity contribution in [3.63, 3.8) is 0 Å². The minimum atomic E-state index is 0.0712. The molecule has 4 nitrogen and oxygen atoms in total. The Kier molecular flexibility index (Phi) is 3.96. The number of aromatic nitrogens is 2. The van der Waals surface area contributed by atoms with Gasteiger partial charge in [0.15, 0.2) is 0 Å². The molecule has 0 aromatic carbocycles. The zero-order valence-electron chi connectivity index (χ0n) is 9.93. The number of unbranched alkanes of at least 4 members (excludes halogenated alkanes) is 1. The average Bonchev–Trinajstić information content (AvgIpc) is 2.96. The lowest BCUT2D eigenvalue weighted by atomic mass is 9.97. The van der Waals surface area contributed by atoms with Crippen LogP contribution >= 0.6 is 0 Å². The number of aryl methyl sites for hydroxylation is 1. The lowest BCUT2D eigenvalue weighted by molar-refractivity contribution is 0.180. The molecule has 0 spiro atoms. The fraction of sp³-hybridized carbons (Fsp3) is 0.750. The molecule has 2 atom stereocenters. The Morgan fingerprint density at radius 1 is 1.69 bits per heavy atom. The highest BCUT2D eigenvalue weighted by Crippen LogP contribution is 2.26. The molecule has 1 aliphatic heterocycles. The highest BCUT2D eigenvalue weighted by molar-refractivity contribution is 5.06. The van der Waals surface area contributed by atoms with Crippen LogP contribution in [0.2, 0.25) is 0 Å². The van der Waals surface area contributed by atoms with Crippen LogP contribution in [-0.4, -0.2) is 22.8 Å². The molecule has 1 saturated heterocycles. The van der Waals surface area contributed by atoms with Gasteiger partial charge in [-0.3, -0.25) is 0 Å². The van der Waals surface area contributed by atoms with Gasteiger partial charge >= 0.3 is 0 Å². The first-order valence-electron chi connectivity index (χ1n) is 6.16.